The fourth-order valence-electron chi connectivity index (χ4n) is 1.44. The smallest absolute Gasteiger partial charge is 0.250 e. The Morgan fingerprint density at radius 1 is 1.11 bits per heavy atom. The van der Waals surface area contributed by atoms with Crippen LogP contribution < -0.4 is 10.5 Å². The number of ether oxygens (including phenoxy) is 1. The lowest BCUT2D eigenvalue weighted by Gasteiger charge is -2.09. The quantitative estimate of drug-likeness (QED) is 0.866. The topological polar surface area (TPSA) is 52.3 Å². The predicted molar refractivity (Wildman–Crippen MR) is 79.2 cm³/mol. The van der Waals surface area contributed by atoms with Gasteiger partial charge in [-0.2, -0.15) is 0 Å². The molecule has 19 heavy (non-hydrogen) atoms. The van der Waals surface area contributed by atoms with Gasteiger partial charge in [0.2, 0.25) is 5.91 Å². The molecule has 0 saturated heterocycles. The summed E-state index contributed by atoms with van der Waals surface area (Å²) in [5.74, 6) is 0.367. The van der Waals surface area contributed by atoms with Crippen LogP contribution in [0, 0.1) is 0 Å². The number of carbonyl (C=O) groups excluding carboxylic acids is 1. The minimum atomic E-state index is -0.586. The van der Waals surface area contributed by atoms with E-state index >= 15 is 0 Å². The van der Waals surface area contributed by atoms with E-state index in [1.807, 2.05) is 0 Å². The molecule has 98 valence electrons. The molecule has 0 heterocycles. The van der Waals surface area contributed by atoms with Gasteiger partial charge in [-0.15, -0.1) is 0 Å². The summed E-state index contributed by atoms with van der Waals surface area (Å²) < 4.78 is 6.45. The molecule has 2 aromatic rings. The van der Waals surface area contributed by atoms with E-state index in [0.717, 1.165) is 4.47 Å². The van der Waals surface area contributed by atoms with Crippen LogP contribution in [0.1, 0.15) is 10.4 Å². The lowest BCUT2D eigenvalue weighted by molar-refractivity contribution is 0.100. The van der Waals surface area contributed by atoms with Gasteiger partial charge in [0.25, 0.3) is 0 Å². The number of hydrogen-bond donors (Lipinski definition) is 1. The number of carbonyl (C=O) groups is 1. The molecule has 2 rings (SSSR count). The molecule has 0 fully saturated rings. The Morgan fingerprint density at radius 3 is 2.47 bits per heavy atom. The Labute approximate surface area is 128 Å². The van der Waals surface area contributed by atoms with Crippen LogP contribution in [0.3, 0.4) is 0 Å². The molecule has 0 atom stereocenters. The van der Waals surface area contributed by atoms with Gasteiger partial charge >= 0.3 is 0 Å². The zero-order chi connectivity index (χ0) is 14.0. The molecule has 0 aliphatic carbocycles. The van der Waals surface area contributed by atoms with Gasteiger partial charge in [0.15, 0.2) is 0 Å². The lowest BCUT2D eigenvalue weighted by Crippen LogP contribution is -2.11. The number of halogens is 3. The summed E-state index contributed by atoms with van der Waals surface area (Å²) in [6.07, 6.45) is 0. The van der Waals surface area contributed by atoms with E-state index in [9.17, 15) is 4.79 Å². The molecular weight excluding hydrogens is 353 g/mol. The first-order chi connectivity index (χ1) is 8.97. The minimum Gasteiger partial charge on any atom is -0.456 e. The molecule has 0 spiro atoms. The molecule has 6 heteroatoms. The summed E-state index contributed by atoms with van der Waals surface area (Å²) >= 11 is 15.3. The van der Waals surface area contributed by atoms with E-state index in [4.69, 9.17) is 33.7 Å². The fourth-order valence-corrected chi connectivity index (χ4v) is 2.20. The molecule has 2 N–H and O–H groups in total. The zero-order valence-electron chi connectivity index (χ0n) is 9.49. The highest BCUT2D eigenvalue weighted by molar-refractivity contribution is 9.10. The van der Waals surface area contributed by atoms with Crippen LogP contribution in [0.2, 0.25) is 10.0 Å². The molecule has 3 nitrogen and oxygen atoms in total. The highest BCUT2D eigenvalue weighted by atomic mass is 79.9. The molecule has 1 amide bonds. The van der Waals surface area contributed by atoms with Gasteiger partial charge in [0.05, 0.1) is 15.6 Å². The monoisotopic (exact) mass is 359 g/mol. The second-order valence-electron chi connectivity index (χ2n) is 3.68. The van der Waals surface area contributed by atoms with Gasteiger partial charge in [0.1, 0.15) is 11.5 Å². The first kappa shape index (κ1) is 14.2. The van der Waals surface area contributed by atoms with Gasteiger partial charge < -0.3 is 10.5 Å². The number of amides is 1. The molecule has 0 bridgehead atoms. The average Bonchev–Trinajstić information content (AvgIpc) is 2.33. The van der Waals surface area contributed by atoms with Gasteiger partial charge in [-0.3, -0.25) is 4.79 Å². The van der Waals surface area contributed by atoms with E-state index in [0.29, 0.717) is 16.5 Å². The summed E-state index contributed by atoms with van der Waals surface area (Å²) in [6.45, 7) is 0. The summed E-state index contributed by atoms with van der Waals surface area (Å²) in [4.78, 5) is 11.1. The van der Waals surface area contributed by atoms with Crippen LogP contribution >= 0.6 is 39.1 Å². The maximum Gasteiger partial charge on any atom is 0.250 e. The van der Waals surface area contributed by atoms with Crippen LogP contribution in [-0.2, 0) is 0 Å². The summed E-state index contributed by atoms with van der Waals surface area (Å²) in [6, 6.07) is 9.87. The third kappa shape index (κ3) is 3.41. The van der Waals surface area contributed by atoms with Crippen LogP contribution in [-0.4, -0.2) is 5.91 Å². The number of rotatable bonds is 3. The largest absolute Gasteiger partial charge is 0.456 e. The van der Waals surface area contributed by atoms with Crippen molar-refractivity contribution in [3.63, 3.8) is 0 Å². The highest BCUT2D eigenvalue weighted by Crippen LogP contribution is 2.33. The van der Waals surface area contributed by atoms with Gasteiger partial charge in [-0.25, -0.2) is 0 Å². The second-order valence-corrected chi connectivity index (χ2v) is 5.41. The first-order valence-electron chi connectivity index (χ1n) is 5.19. The Hall–Kier alpha value is -1.23. The molecule has 2 aromatic carbocycles. The second kappa shape index (κ2) is 5.82. The van der Waals surface area contributed by atoms with Crippen molar-refractivity contribution in [2.45, 2.75) is 0 Å². The lowest BCUT2D eigenvalue weighted by atomic mass is 10.2. The molecule has 0 radical (unpaired) electrons. The fraction of sp³-hybridized carbons (Fsp3) is 0. The molecule has 0 aliphatic heterocycles. The maximum atomic E-state index is 11.1. The molecule has 0 unspecified atom stereocenters. The van der Waals surface area contributed by atoms with Crippen molar-refractivity contribution in [1.82, 2.24) is 0 Å². The standard InChI is InChI=1S/C13H8BrCl2NO2/c14-7-1-4-10(15)12(5-7)19-8-2-3-9(13(17)18)11(16)6-8/h1-6H,(H2,17,18). The van der Waals surface area contributed by atoms with Crippen molar-refractivity contribution in [3.05, 3.63) is 56.5 Å². The van der Waals surface area contributed by atoms with Gasteiger partial charge in [-0.1, -0.05) is 39.1 Å². The van der Waals surface area contributed by atoms with Crippen LogP contribution in [0.4, 0.5) is 0 Å². The van der Waals surface area contributed by atoms with E-state index in [1.165, 1.54) is 12.1 Å². The summed E-state index contributed by atoms with van der Waals surface area (Å²) in [5, 5.41) is 0.703. The van der Waals surface area contributed by atoms with Crippen molar-refractivity contribution in [2.75, 3.05) is 0 Å². The van der Waals surface area contributed by atoms with Crippen LogP contribution in [0.5, 0.6) is 11.5 Å². The SMILES string of the molecule is NC(=O)c1ccc(Oc2cc(Br)ccc2Cl)cc1Cl. The van der Waals surface area contributed by atoms with E-state index in [1.54, 1.807) is 24.3 Å². The highest BCUT2D eigenvalue weighted by Gasteiger charge is 2.09. The Morgan fingerprint density at radius 2 is 1.84 bits per heavy atom. The van der Waals surface area contributed by atoms with Crippen molar-refractivity contribution in [2.24, 2.45) is 5.73 Å². The summed E-state index contributed by atoms with van der Waals surface area (Å²) in [7, 11) is 0. The molecule has 0 aromatic heterocycles. The van der Waals surface area contributed by atoms with Crippen LogP contribution in [0.25, 0.3) is 0 Å². The number of primary amides is 1. The number of benzene rings is 2. The third-order valence-electron chi connectivity index (χ3n) is 2.33. The predicted octanol–water partition coefficient (Wildman–Crippen LogP) is 4.65. The molecule has 0 saturated carbocycles. The first-order valence-corrected chi connectivity index (χ1v) is 6.74. The van der Waals surface area contributed by atoms with Crippen molar-refractivity contribution in [3.8, 4) is 11.5 Å². The van der Waals surface area contributed by atoms with Gasteiger partial charge in [0, 0.05) is 10.5 Å². The normalized spacial score (nSPS) is 10.3. The Bertz CT molecular complexity index is 647. The van der Waals surface area contributed by atoms with E-state index in [-0.39, 0.29) is 10.6 Å². The minimum absolute atomic E-state index is 0.233. The number of nitrogens with two attached hydrogens (primary N) is 1. The maximum absolute atomic E-state index is 11.1. The Balaban J connectivity index is 2.31. The Kier molecular flexibility index (Phi) is 4.34. The van der Waals surface area contributed by atoms with E-state index in [2.05, 4.69) is 15.9 Å². The zero-order valence-corrected chi connectivity index (χ0v) is 12.6. The average molecular weight is 361 g/mol. The summed E-state index contributed by atoms with van der Waals surface area (Å²) in [5.41, 5.74) is 5.41. The van der Waals surface area contributed by atoms with Crippen molar-refractivity contribution < 1.29 is 9.53 Å². The van der Waals surface area contributed by atoms with E-state index < -0.39 is 5.91 Å². The molecular formula is C13H8BrCl2NO2. The third-order valence-corrected chi connectivity index (χ3v) is 3.45. The van der Waals surface area contributed by atoms with Crippen LogP contribution in [0.15, 0.2) is 40.9 Å². The van der Waals surface area contributed by atoms with Gasteiger partial charge in [-0.05, 0) is 30.3 Å². The van der Waals surface area contributed by atoms with Crippen molar-refractivity contribution in [1.29, 1.82) is 0 Å². The molecule has 0 aliphatic rings. The van der Waals surface area contributed by atoms with Crippen molar-refractivity contribution >= 4 is 45.0 Å². The number of hydrogen-bond acceptors (Lipinski definition) is 2.